The van der Waals surface area contributed by atoms with Crippen molar-refractivity contribution in [3.63, 3.8) is 0 Å². The molecule has 0 radical (unpaired) electrons. The molecular formula is C20H18N4O4S. The van der Waals surface area contributed by atoms with E-state index < -0.39 is 10.0 Å². The molecule has 29 heavy (non-hydrogen) atoms. The molecule has 2 heterocycles. The number of amides is 1. The highest BCUT2D eigenvalue weighted by atomic mass is 32.2. The molecule has 3 aromatic rings. The van der Waals surface area contributed by atoms with Gasteiger partial charge in [0.1, 0.15) is 0 Å². The summed E-state index contributed by atoms with van der Waals surface area (Å²) in [6.07, 6.45) is 4.56. The van der Waals surface area contributed by atoms with Crippen molar-refractivity contribution in [2.24, 2.45) is 0 Å². The highest BCUT2D eigenvalue weighted by Crippen LogP contribution is 2.35. The first-order valence-electron chi connectivity index (χ1n) is 8.70. The van der Waals surface area contributed by atoms with Crippen LogP contribution in [0.15, 0.2) is 70.6 Å². The number of anilines is 2. The van der Waals surface area contributed by atoms with E-state index in [1.54, 1.807) is 24.5 Å². The lowest BCUT2D eigenvalue weighted by Gasteiger charge is -2.11. The van der Waals surface area contributed by atoms with Gasteiger partial charge in [0.25, 0.3) is 5.91 Å². The summed E-state index contributed by atoms with van der Waals surface area (Å²) < 4.78 is 30.8. The number of benzene rings is 2. The third-order valence-corrected chi connectivity index (χ3v) is 6.36. The molecule has 0 spiro atoms. The zero-order chi connectivity index (χ0) is 20.6. The number of rotatable bonds is 5. The van der Waals surface area contributed by atoms with Crippen LogP contribution in [0.5, 0.6) is 0 Å². The van der Waals surface area contributed by atoms with Gasteiger partial charge in [-0.25, -0.2) is 17.7 Å². The Morgan fingerprint density at radius 1 is 1.14 bits per heavy atom. The standard InChI is InChI=1S/C20H18N4O4S/c1-24(2)29(26,27)15-6-4-14(5-7-15)22-10-17-16-9-13(19-11-21-12-28-19)3-8-18(16)23-20(17)25/h3-12,22H,1-2H3,(H,23,25). The van der Waals surface area contributed by atoms with E-state index in [1.165, 1.54) is 32.6 Å². The normalized spacial score (nSPS) is 14.9. The lowest BCUT2D eigenvalue weighted by atomic mass is 10.0. The second-order valence-electron chi connectivity index (χ2n) is 6.59. The predicted octanol–water partition coefficient (Wildman–Crippen LogP) is 3.00. The predicted molar refractivity (Wildman–Crippen MR) is 109 cm³/mol. The van der Waals surface area contributed by atoms with Gasteiger partial charge in [-0.3, -0.25) is 4.79 Å². The van der Waals surface area contributed by atoms with Gasteiger partial charge in [-0.15, -0.1) is 0 Å². The second-order valence-corrected chi connectivity index (χ2v) is 8.75. The molecule has 1 amide bonds. The van der Waals surface area contributed by atoms with Crippen LogP contribution in [0.3, 0.4) is 0 Å². The Bertz CT molecular complexity index is 1200. The van der Waals surface area contributed by atoms with E-state index in [0.29, 0.717) is 22.7 Å². The van der Waals surface area contributed by atoms with Crippen molar-refractivity contribution in [3.05, 3.63) is 66.8 Å². The minimum absolute atomic E-state index is 0.196. The highest BCUT2D eigenvalue weighted by molar-refractivity contribution is 7.89. The lowest BCUT2D eigenvalue weighted by molar-refractivity contribution is -0.110. The number of oxazole rings is 1. The Labute approximate surface area is 167 Å². The highest BCUT2D eigenvalue weighted by Gasteiger charge is 2.25. The molecular weight excluding hydrogens is 392 g/mol. The second kappa shape index (κ2) is 7.19. The number of nitrogens with zero attached hydrogens (tertiary/aromatic N) is 2. The average Bonchev–Trinajstić information content (AvgIpc) is 3.33. The number of nitrogens with one attached hydrogen (secondary N) is 2. The van der Waals surface area contributed by atoms with E-state index in [-0.39, 0.29) is 10.8 Å². The summed E-state index contributed by atoms with van der Waals surface area (Å²) in [4.78, 5) is 16.5. The van der Waals surface area contributed by atoms with Gasteiger partial charge in [-0.1, -0.05) is 0 Å². The molecule has 2 aromatic carbocycles. The molecule has 0 bridgehead atoms. The molecule has 1 aliphatic heterocycles. The molecule has 0 aliphatic carbocycles. The van der Waals surface area contributed by atoms with Crippen molar-refractivity contribution in [1.29, 1.82) is 0 Å². The van der Waals surface area contributed by atoms with Crippen LogP contribution in [0.4, 0.5) is 11.4 Å². The smallest absolute Gasteiger partial charge is 0.257 e. The van der Waals surface area contributed by atoms with Gasteiger partial charge in [-0.2, -0.15) is 0 Å². The number of hydrogen-bond acceptors (Lipinski definition) is 6. The zero-order valence-electron chi connectivity index (χ0n) is 15.7. The maximum atomic E-state index is 12.4. The van der Waals surface area contributed by atoms with Gasteiger partial charge in [-0.05, 0) is 42.5 Å². The van der Waals surface area contributed by atoms with Crippen LogP contribution < -0.4 is 10.6 Å². The summed E-state index contributed by atoms with van der Waals surface area (Å²) in [6, 6.07) is 11.8. The SMILES string of the molecule is CN(C)S(=O)(=O)c1ccc(NC=C2C(=O)Nc3ccc(-c4cnco4)cc32)cc1. The van der Waals surface area contributed by atoms with Crippen molar-refractivity contribution in [3.8, 4) is 11.3 Å². The van der Waals surface area contributed by atoms with Crippen LogP contribution in [0.1, 0.15) is 5.56 Å². The Balaban J connectivity index is 1.60. The minimum Gasteiger partial charge on any atom is -0.444 e. The van der Waals surface area contributed by atoms with Crippen molar-refractivity contribution in [1.82, 2.24) is 9.29 Å². The Kier molecular flexibility index (Phi) is 4.69. The first kappa shape index (κ1) is 18.9. The molecule has 8 nitrogen and oxygen atoms in total. The van der Waals surface area contributed by atoms with Gasteiger partial charge in [0, 0.05) is 42.8 Å². The van der Waals surface area contributed by atoms with Gasteiger partial charge in [0.2, 0.25) is 10.0 Å². The molecule has 9 heteroatoms. The van der Waals surface area contributed by atoms with Crippen LogP contribution >= 0.6 is 0 Å². The average molecular weight is 410 g/mol. The van der Waals surface area contributed by atoms with Gasteiger partial charge < -0.3 is 15.1 Å². The third-order valence-electron chi connectivity index (χ3n) is 4.54. The fourth-order valence-corrected chi connectivity index (χ4v) is 3.83. The number of carbonyl (C=O) groups excluding carboxylic acids is 1. The molecule has 2 N–H and O–H groups in total. The first-order chi connectivity index (χ1) is 13.9. The van der Waals surface area contributed by atoms with Gasteiger partial charge >= 0.3 is 0 Å². The van der Waals surface area contributed by atoms with Crippen LogP contribution in [0, 0.1) is 0 Å². The summed E-state index contributed by atoms with van der Waals surface area (Å²) in [6.45, 7) is 0. The number of carbonyl (C=O) groups is 1. The summed E-state index contributed by atoms with van der Waals surface area (Å²) in [7, 11) is -0.525. The first-order valence-corrected chi connectivity index (χ1v) is 10.1. The number of aromatic nitrogens is 1. The Morgan fingerprint density at radius 3 is 2.55 bits per heavy atom. The molecule has 0 saturated carbocycles. The fourth-order valence-electron chi connectivity index (χ4n) is 2.93. The molecule has 0 fully saturated rings. The van der Waals surface area contributed by atoms with E-state index in [2.05, 4.69) is 15.6 Å². The van der Waals surface area contributed by atoms with E-state index in [4.69, 9.17) is 4.42 Å². The topological polar surface area (TPSA) is 105 Å². The van der Waals surface area contributed by atoms with Crippen LogP contribution in [0.2, 0.25) is 0 Å². The molecule has 1 aromatic heterocycles. The van der Waals surface area contributed by atoms with Crippen molar-refractivity contribution in [2.45, 2.75) is 4.90 Å². The number of fused-ring (bicyclic) bond motifs is 1. The number of sulfonamides is 1. The minimum atomic E-state index is -3.49. The summed E-state index contributed by atoms with van der Waals surface area (Å²) in [5.41, 5.74) is 3.37. The molecule has 1 aliphatic rings. The summed E-state index contributed by atoms with van der Waals surface area (Å²) in [5.74, 6) is 0.381. The summed E-state index contributed by atoms with van der Waals surface area (Å²) in [5, 5.41) is 5.87. The fraction of sp³-hybridized carbons (Fsp3) is 0.100. The molecule has 4 rings (SSSR count). The summed E-state index contributed by atoms with van der Waals surface area (Å²) >= 11 is 0. The number of hydrogen-bond donors (Lipinski definition) is 2. The monoisotopic (exact) mass is 410 g/mol. The lowest BCUT2D eigenvalue weighted by Crippen LogP contribution is -2.22. The van der Waals surface area contributed by atoms with Crippen LogP contribution in [-0.4, -0.2) is 37.7 Å². The van der Waals surface area contributed by atoms with Gasteiger partial charge in [0.05, 0.1) is 16.7 Å². The Morgan fingerprint density at radius 2 is 1.90 bits per heavy atom. The van der Waals surface area contributed by atoms with Crippen molar-refractivity contribution < 1.29 is 17.6 Å². The van der Waals surface area contributed by atoms with Gasteiger partial charge in [0.15, 0.2) is 12.2 Å². The van der Waals surface area contributed by atoms with Crippen LogP contribution in [0.25, 0.3) is 16.9 Å². The molecule has 0 unspecified atom stereocenters. The van der Waals surface area contributed by atoms with E-state index >= 15 is 0 Å². The molecule has 0 saturated heterocycles. The van der Waals surface area contributed by atoms with E-state index in [1.807, 2.05) is 18.2 Å². The maximum Gasteiger partial charge on any atom is 0.257 e. The quantitative estimate of drug-likeness (QED) is 0.627. The third kappa shape index (κ3) is 3.53. The molecule has 0 atom stereocenters. The van der Waals surface area contributed by atoms with E-state index in [9.17, 15) is 13.2 Å². The van der Waals surface area contributed by atoms with Crippen LogP contribution in [-0.2, 0) is 14.8 Å². The zero-order valence-corrected chi connectivity index (χ0v) is 16.5. The Hall–Kier alpha value is -3.43. The van der Waals surface area contributed by atoms with Crippen molar-refractivity contribution >= 4 is 32.9 Å². The van der Waals surface area contributed by atoms with Crippen molar-refractivity contribution in [2.75, 3.05) is 24.7 Å². The van der Waals surface area contributed by atoms with E-state index in [0.717, 1.165) is 15.4 Å². The largest absolute Gasteiger partial charge is 0.444 e. The molecule has 148 valence electrons. The maximum absolute atomic E-state index is 12.4.